The van der Waals surface area contributed by atoms with Crippen LogP contribution in [0, 0.1) is 12.8 Å². The number of allylic oxidation sites excluding steroid dienone is 1. The number of rotatable bonds is 5. The van der Waals surface area contributed by atoms with E-state index >= 15 is 0 Å². The Morgan fingerprint density at radius 2 is 1.95 bits per heavy atom. The van der Waals surface area contributed by atoms with Crippen LogP contribution in [-0.4, -0.2) is 44.2 Å². The van der Waals surface area contributed by atoms with E-state index in [2.05, 4.69) is 52.9 Å². The first kappa shape index (κ1) is 25.2. The van der Waals surface area contributed by atoms with Gasteiger partial charge in [-0.2, -0.15) is 0 Å². The molecule has 0 saturated carbocycles. The number of benzene rings is 1. The van der Waals surface area contributed by atoms with E-state index in [-0.39, 0.29) is 12.0 Å². The zero-order valence-corrected chi connectivity index (χ0v) is 22.5. The molecule has 1 fully saturated rings. The largest absolute Gasteiger partial charge is 0.444 e. The average molecular weight is 499 g/mol. The quantitative estimate of drug-likeness (QED) is 0.393. The molecule has 0 bridgehead atoms. The van der Waals surface area contributed by atoms with Gasteiger partial charge in [0, 0.05) is 44.1 Å². The van der Waals surface area contributed by atoms with Crippen LogP contribution in [0.1, 0.15) is 80.3 Å². The third kappa shape index (κ3) is 5.79. The number of likely N-dealkylation sites (tertiary alicyclic amines) is 1. The van der Waals surface area contributed by atoms with E-state index < -0.39 is 5.60 Å². The SMILES string of the molecule is Cc1ccc2c(c1)C=C(CCCn1ccnc1)c1cccnc1C2C1CCN(C(=O)OC(C)(C)C)CC1. The summed E-state index contributed by atoms with van der Waals surface area (Å²) in [4.78, 5) is 23.7. The number of imidazole rings is 1. The van der Waals surface area contributed by atoms with Crippen molar-refractivity contribution in [2.24, 2.45) is 5.92 Å². The van der Waals surface area contributed by atoms with Gasteiger partial charge in [0.25, 0.3) is 0 Å². The number of ether oxygens (including phenoxy) is 1. The fraction of sp³-hybridized carbons (Fsp3) is 0.452. The molecule has 1 unspecified atom stereocenters. The lowest BCUT2D eigenvalue weighted by Crippen LogP contribution is -2.42. The molecular formula is C31H38N4O2. The Bertz CT molecular complexity index is 1260. The molecule has 1 amide bonds. The fourth-order valence-corrected chi connectivity index (χ4v) is 5.75. The number of hydrogen-bond acceptors (Lipinski definition) is 4. The second-order valence-electron chi connectivity index (χ2n) is 11.4. The minimum absolute atomic E-state index is 0.204. The molecule has 6 heteroatoms. The second kappa shape index (κ2) is 10.5. The Morgan fingerprint density at radius 3 is 2.68 bits per heavy atom. The number of fused-ring (bicyclic) bond motifs is 2. The third-order valence-corrected chi connectivity index (χ3v) is 7.47. The van der Waals surface area contributed by atoms with E-state index in [0.29, 0.717) is 19.0 Å². The highest BCUT2D eigenvalue weighted by atomic mass is 16.6. The van der Waals surface area contributed by atoms with Gasteiger partial charge in [0.1, 0.15) is 5.60 Å². The fourth-order valence-electron chi connectivity index (χ4n) is 5.75. The molecule has 0 spiro atoms. The van der Waals surface area contributed by atoms with Crippen molar-refractivity contribution in [1.82, 2.24) is 19.4 Å². The van der Waals surface area contributed by atoms with Gasteiger partial charge in [-0.05, 0) is 87.6 Å². The van der Waals surface area contributed by atoms with Gasteiger partial charge in [-0.25, -0.2) is 9.78 Å². The Kier molecular flexibility index (Phi) is 7.18. The molecule has 5 rings (SSSR count). The minimum atomic E-state index is -0.477. The number of nitrogens with zero attached hydrogens (tertiary/aromatic N) is 4. The van der Waals surface area contributed by atoms with Gasteiger partial charge < -0.3 is 14.2 Å². The first-order valence-corrected chi connectivity index (χ1v) is 13.5. The maximum absolute atomic E-state index is 12.7. The van der Waals surface area contributed by atoms with E-state index in [1.165, 1.54) is 33.5 Å². The summed E-state index contributed by atoms with van der Waals surface area (Å²) in [6.45, 7) is 10.3. The van der Waals surface area contributed by atoms with Gasteiger partial charge in [-0.15, -0.1) is 0 Å². The van der Waals surface area contributed by atoms with Crippen molar-refractivity contribution in [2.45, 2.75) is 71.4 Å². The first-order chi connectivity index (χ1) is 17.8. The summed E-state index contributed by atoms with van der Waals surface area (Å²) in [5.41, 5.74) is 7.24. The highest BCUT2D eigenvalue weighted by molar-refractivity contribution is 5.86. The molecule has 0 N–H and O–H groups in total. The molecular weight excluding hydrogens is 460 g/mol. The molecule has 1 aliphatic carbocycles. The van der Waals surface area contributed by atoms with E-state index in [4.69, 9.17) is 9.72 Å². The molecule has 0 radical (unpaired) electrons. The Hall–Kier alpha value is -3.41. The molecule has 3 heterocycles. The van der Waals surface area contributed by atoms with E-state index in [1.807, 2.05) is 50.6 Å². The van der Waals surface area contributed by atoms with Crippen molar-refractivity contribution >= 4 is 17.7 Å². The number of piperidine rings is 1. The lowest BCUT2D eigenvalue weighted by atomic mass is 9.76. The minimum Gasteiger partial charge on any atom is -0.444 e. The molecule has 2 aromatic heterocycles. The molecule has 6 nitrogen and oxygen atoms in total. The molecule has 2 aliphatic rings. The van der Waals surface area contributed by atoms with E-state index in [9.17, 15) is 4.79 Å². The molecule has 194 valence electrons. The normalized spacial score (nSPS) is 18.0. The third-order valence-electron chi connectivity index (χ3n) is 7.47. The number of aryl methyl sites for hydroxylation is 2. The number of carbonyl (C=O) groups excluding carboxylic acids is 1. The number of aromatic nitrogens is 3. The van der Waals surface area contributed by atoms with Crippen molar-refractivity contribution < 1.29 is 9.53 Å². The van der Waals surface area contributed by atoms with Gasteiger partial charge in [-0.1, -0.05) is 35.9 Å². The standard InChI is InChI=1S/C31H38N4O2/c1-22-9-10-26-25(19-22)20-24(7-6-15-34-18-14-32-21-34)27-8-5-13-33-29(27)28(26)23-11-16-35(17-12-23)30(36)37-31(2,3)4/h5,8-10,13-14,18-21,23,28H,6-7,11-12,15-17H2,1-4H3. The predicted octanol–water partition coefficient (Wildman–Crippen LogP) is 6.70. The van der Waals surface area contributed by atoms with Gasteiger partial charge in [0.15, 0.2) is 0 Å². The molecule has 1 saturated heterocycles. The summed E-state index contributed by atoms with van der Waals surface area (Å²) in [5.74, 6) is 0.613. The summed E-state index contributed by atoms with van der Waals surface area (Å²) >= 11 is 0. The van der Waals surface area contributed by atoms with Crippen LogP contribution in [0.25, 0.3) is 11.6 Å². The number of amides is 1. The highest BCUT2D eigenvalue weighted by Gasteiger charge is 2.36. The molecule has 1 aromatic carbocycles. The lowest BCUT2D eigenvalue weighted by molar-refractivity contribution is 0.0178. The monoisotopic (exact) mass is 498 g/mol. The Morgan fingerprint density at radius 1 is 1.14 bits per heavy atom. The van der Waals surface area contributed by atoms with Gasteiger partial charge in [-0.3, -0.25) is 4.98 Å². The summed E-state index contributed by atoms with van der Waals surface area (Å²) in [6, 6.07) is 11.2. The van der Waals surface area contributed by atoms with Crippen LogP contribution in [0.3, 0.4) is 0 Å². The lowest BCUT2D eigenvalue weighted by Gasteiger charge is -2.37. The first-order valence-electron chi connectivity index (χ1n) is 13.5. The van der Waals surface area contributed by atoms with Gasteiger partial charge in [0.2, 0.25) is 0 Å². The van der Waals surface area contributed by atoms with Gasteiger partial charge in [0.05, 0.1) is 12.0 Å². The molecule has 1 aliphatic heterocycles. The van der Waals surface area contributed by atoms with Crippen LogP contribution in [0.2, 0.25) is 0 Å². The average Bonchev–Trinajstić information content (AvgIpc) is 3.33. The Labute approximate surface area is 220 Å². The second-order valence-corrected chi connectivity index (χ2v) is 11.4. The van der Waals surface area contributed by atoms with Crippen molar-refractivity contribution in [1.29, 1.82) is 0 Å². The predicted molar refractivity (Wildman–Crippen MR) is 147 cm³/mol. The van der Waals surface area contributed by atoms with Crippen LogP contribution < -0.4 is 0 Å². The zero-order chi connectivity index (χ0) is 26.0. The molecule has 37 heavy (non-hydrogen) atoms. The summed E-state index contributed by atoms with van der Waals surface area (Å²) in [5, 5.41) is 0. The van der Waals surface area contributed by atoms with Crippen molar-refractivity contribution in [3.05, 3.63) is 83.2 Å². The maximum Gasteiger partial charge on any atom is 0.410 e. The number of pyridine rings is 1. The van der Waals surface area contributed by atoms with E-state index in [1.54, 1.807) is 0 Å². The smallest absolute Gasteiger partial charge is 0.410 e. The van der Waals surface area contributed by atoms with E-state index in [0.717, 1.165) is 32.2 Å². The topological polar surface area (TPSA) is 60.2 Å². The number of carbonyl (C=O) groups is 1. The van der Waals surface area contributed by atoms with Crippen molar-refractivity contribution in [3.63, 3.8) is 0 Å². The van der Waals surface area contributed by atoms with Gasteiger partial charge >= 0.3 is 6.09 Å². The summed E-state index contributed by atoms with van der Waals surface area (Å²) < 4.78 is 7.78. The summed E-state index contributed by atoms with van der Waals surface area (Å²) in [6.07, 6.45) is 13.8. The van der Waals surface area contributed by atoms with Crippen molar-refractivity contribution in [2.75, 3.05) is 13.1 Å². The van der Waals surface area contributed by atoms with Crippen LogP contribution in [0.4, 0.5) is 4.79 Å². The zero-order valence-electron chi connectivity index (χ0n) is 22.5. The highest BCUT2D eigenvalue weighted by Crippen LogP contribution is 2.45. The number of hydrogen-bond donors (Lipinski definition) is 0. The van der Waals surface area contributed by atoms with Crippen LogP contribution >= 0.6 is 0 Å². The van der Waals surface area contributed by atoms with Crippen LogP contribution in [0.5, 0.6) is 0 Å². The van der Waals surface area contributed by atoms with Crippen LogP contribution in [-0.2, 0) is 11.3 Å². The molecule has 1 atom stereocenters. The Balaban J connectivity index is 1.43. The van der Waals surface area contributed by atoms with Crippen LogP contribution in [0.15, 0.2) is 55.2 Å². The summed E-state index contributed by atoms with van der Waals surface area (Å²) in [7, 11) is 0. The maximum atomic E-state index is 12.7. The van der Waals surface area contributed by atoms with Crippen molar-refractivity contribution in [3.8, 4) is 0 Å². The molecule has 3 aromatic rings.